The summed E-state index contributed by atoms with van der Waals surface area (Å²) < 4.78 is 0. The average Bonchev–Trinajstić information content (AvgIpc) is 3.49. The second-order valence-corrected chi connectivity index (χ2v) is 15.6. The highest BCUT2D eigenvalue weighted by Gasteiger charge is 2.38. The highest BCUT2D eigenvalue weighted by atomic mass is 14.4. The minimum Gasteiger partial charge on any atom is -0.0622 e. The van der Waals surface area contributed by atoms with Gasteiger partial charge >= 0.3 is 0 Å². The van der Waals surface area contributed by atoms with Crippen molar-refractivity contribution < 1.29 is 0 Å². The minimum atomic E-state index is -0.115. The van der Waals surface area contributed by atoms with Gasteiger partial charge in [-0.3, -0.25) is 0 Å². The SMILES string of the molecule is CC1(C)c2ccc(-c3cccc(-c4c5ccccc5c(-c5ccc(-c6ccccc6)cc5)c5ccccc45)c3)cc2-c2c1c1ccccc1c1ccccc21. The molecule has 0 spiro atoms. The van der Waals surface area contributed by atoms with Gasteiger partial charge in [0.1, 0.15) is 0 Å². The molecule has 11 rings (SSSR count). The zero-order chi connectivity index (χ0) is 36.7. The van der Waals surface area contributed by atoms with Crippen LogP contribution in [0.15, 0.2) is 194 Å². The normalized spacial score (nSPS) is 13.1. The summed E-state index contributed by atoms with van der Waals surface area (Å²) in [5.41, 5.74) is 15.4. The Bertz CT molecular complexity index is 3090. The van der Waals surface area contributed by atoms with Gasteiger partial charge in [-0.1, -0.05) is 196 Å². The van der Waals surface area contributed by atoms with Gasteiger partial charge in [0.15, 0.2) is 0 Å². The van der Waals surface area contributed by atoms with Crippen LogP contribution in [0.5, 0.6) is 0 Å². The average molecular weight is 699 g/mol. The van der Waals surface area contributed by atoms with Crippen molar-refractivity contribution in [2.24, 2.45) is 0 Å². The molecule has 1 aliphatic carbocycles. The van der Waals surface area contributed by atoms with E-state index in [1.54, 1.807) is 0 Å². The second kappa shape index (κ2) is 12.1. The molecule has 10 aromatic carbocycles. The van der Waals surface area contributed by atoms with Gasteiger partial charge in [-0.25, -0.2) is 0 Å². The lowest BCUT2D eigenvalue weighted by atomic mass is 9.79. The third-order valence-electron chi connectivity index (χ3n) is 12.2. The summed E-state index contributed by atoms with van der Waals surface area (Å²) in [4.78, 5) is 0. The Morgan fingerprint density at radius 2 is 0.673 bits per heavy atom. The highest BCUT2D eigenvalue weighted by molar-refractivity contribution is 6.22. The molecule has 0 saturated heterocycles. The Kier molecular flexibility index (Phi) is 7.00. The van der Waals surface area contributed by atoms with Gasteiger partial charge in [0.25, 0.3) is 0 Å². The predicted molar refractivity (Wildman–Crippen MR) is 236 cm³/mol. The molecule has 0 N–H and O–H groups in total. The van der Waals surface area contributed by atoms with Gasteiger partial charge in [0.05, 0.1) is 0 Å². The van der Waals surface area contributed by atoms with E-state index < -0.39 is 0 Å². The summed E-state index contributed by atoms with van der Waals surface area (Å²) in [5, 5.41) is 10.4. The maximum absolute atomic E-state index is 2.46. The van der Waals surface area contributed by atoms with E-state index in [9.17, 15) is 0 Å². The molecular weight excluding hydrogens is 661 g/mol. The van der Waals surface area contributed by atoms with Crippen molar-refractivity contribution in [2.45, 2.75) is 19.3 Å². The molecule has 0 aromatic heterocycles. The van der Waals surface area contributed by atoms with Crippen molar-refractivity contribution in [3.8, 4) is 55.6 Å². The molecule has 10 aromatic rings. The first-order valence-electron chi connectivity index (χ1n) is 19.4. The zero-order valence-electron chi connectivity index (χ0n) is 31.0. The molecule has 258 valence electrons. The maximum Gasteiger partial charge on any atom is 0.0165 e. The van der Waals surface area contributed by atoms with Gasteiger partial charge in [-0.2, -0.15) is 0 Å². The van der Waals surface area contributed by atoms with Crippen LogP contribution in [0.2, 0.25) is 0 Å². The fourth-order valence-corrected chi connectivity index (χ4v) is 9.75. The number of hydrogen-bond donors (Lipinski definition) is 0. The van der Waals surface area contributed by atoms with Crippen molar-refractivity contribution in [1.82, 2.24) is 0 Å². The topological polar surface area (TPSA) is 0 Å². The molecule has 0 atom stereocenters. The van der Waals surface area contributed by atoms with E-state index in [0.717, 1.165) is 0 Å². The predicted octanol–water partition coefficient (Wildman–Crippen LogP) is 15.3. The summed E-state index contributed by atoms with van der Waals surface area (Å²) in [6.07, 6.45) is 0. The van der Waals surface area contributed by atoms with Crippen molar-refractivity contribution in [3.63, 3.8) is 0 Å². The Labute approximate surface area is 322 Å². The molecule has 0 aliphatic heterocycles. The zero-order valence-corrected chi connectivity index (χ0v) is 31.0. The van der Waals surface area contributed by atoms with Gasteiger partial charge < -0.3 is 0 Å². The molecule has 0 saturated carbocycles. The Balaban J connectivity index is 1.09. The highest BCUT2D eigenvalue weighted by Crippen LogP contribution is 2.55. The summed E-state index contributed by atoms with van der Waals surface area (Å²) in [6.45, 7) is 4.80. The van der Waals surface area contributed by atoms with Crippen LogP contribution in [0.3, 0.4) is 0 Å². The molecular formula is C55H38. The molecule has 0 amide bonds. The first kappa shape index (κ1) is 31.7. The van der Waals surface area contributed by atoms with Crippen molar-refractivity contribution in [1.29, 1.82) is 0 Å². The molecule has 0 radical (unpaired) electrons. The van der Waals surface area contributed by atoms with Crippen molar-refractivity contribution in [3.05, 3.63) is 205 Å². The molecule has 0 unspecified atom stereocenters. The quantitative estimate of drug-likeness (QED) is 0.127. The van der Waals surface area contributed by atoms with Crippen LogP contribution in [0.25, 0.3) is 98.7 Å². The maximum atomic E-state index is 2.46. The van der Waals surface area contributed by atoms with Crippen molar-refractivity contribution in [2.75, 3.05) is 0 Å². The van der Waals surface area contributed by atoms with Crippen LogP contribution < -0.4 is 0 Å². The van der Waals surface area contributed by atoms with Crippen LogP contribution in [0.1, 0.15) is 25.0 Å². The van der Waals surface area contributed by atoms with Crippen LogP contribution in [0.4, 0.5) is 0 Å². The molecule has 0 heteroatoms. The summed E-state index contributed by atoms with van der Waals surface area (Å²) in [6, 6.07) is 72.0. The van der Waals surface area contributed by atoms with Crippen LogP contribution >= 0.6 is 0 Å². The van der Waals surface area contributed by atoms with E-state index >= 15 is 0 Å². The van der Waals surface area contributed by atoms with E-state index in [0.29, 0.717) is 0 Å². The third kappa shape index (κ3) is 4.78. The molecule has 0 nitrogen and oxygen atoms in total. The lowest BCUT2D eigenvalue weighted by molar-refractivity contribution is 0.666. The molecule has 0 fully saturated rings. The van der Waals surface area contributed by atoms with Gasteiger partial charge in [-0.15, -0.1) is 0 Å². The third-order valence-corrected chi connectivity index (χ3v) is 12.2. The smallest absolute Gasteiger partial charge is 0.0165 e. The first-order valence-corrected chi connectivity index (χ1v) is 19.4. The van der Waals surface area contributed by atoms with E-state index in [4.69, 9.17) is 0 Å². The van der Waals surface area contributed by atoms with E-state index in [1.807, 2.05) is 0 Å². The Morgan fingerprint density at radius 1 is 0.273 bits per heavy atom. The summed E-state index contributed by atoms with van der Waals surface area (Å²) in [7, 11) is 0. The number of rotatable bonds is 4. The lowest BCUT2D eigenvalue weighted by Crippen LogP contribution is -2.15. The van der Waals surface area contributed by atoms with E-state index in [1.165, 1.54) is 110 Å². The molecule has 0 heterocycles. The van der Waals surface area contributed by atoms with Gasteiger partial charge in [0, 0.05) is 5.41 Å². The number of fused-ring (bicyclic) bond motifs is 10. The standard InChI is InChI=1S/C55H38/c1-55(2)50-32-31-39(34-49(50)53-43-21-8-6-19-41(43)42-20-7-13-26-48(42)54(53)55)38-17-14-18-40(33-38)52-46-24-11-9-22-44(46)51(45-23-10-12-25-47(45)52)37-29-27-36(28-30-37)35-15-4-3-5-16-35/h3-34H,1-2H3. The van der Waals surface area contributed by atoms with Gasteiger partial charge in [0.2, 0.25) is 0 Å². The van der Waals surface area contributed by atoms with E-state index in [-0.39, 0.29) is 5.41 Å². The lowest BCUT2D eigenvalue weighted by Gasteiger charge is -2.24. The fourth-order valence-electron chi connectivity index (χ4n) is 9.75. The first-order chi connectivity index (χ1) is 27.1. The van der Waals surface area contributed by atoms with E-state index in [2.05, 4.69) is 208 Å². The monoisotopic (exact) mass is 698 g/mol. The van der Waals surface area contributed by atoms with Crippen LogP contribution in [-0.4, -0.2) is 0 Å². The fraction of sp³-hybridized carbons (Fsp3) is 0.0545. The van der Waals surface area contributed by atoms with Gasteiger partial charge in [-0.05, 0) is 122 Å². The summed E-state index contributed by atoms with van der Waals surface area (Å²) in [5.74, 6) is 0. The van der Waals surface area contributed by atoms with Crippen LogP contribution in [0, 0.1) is 0 Å². The molecule has 1 aliphatic rings. The Hall–Kier alpha value is -6.76. The molecule has 0 bridgehead atoms. The molecule has 55 heavy (non-hydrogen) atoms. The Morgan fingerprint density at radius 3 is 1.29 bits per heavy atom. The van der Waals surface area contributed by atoms with Crippen molar-refractivity contribution >= 4 is 43.1 Å². The number of benzene rings is 10. The summed E-state index contributed by atoms with van der Waals surface area (Å²) >= 11 is 0. The minimum absolute atomic E-state index is 0.115. The largest absolute Gasteiger partial charge is 0.0622 e. The van der Waals surface area contributed by atoms with Crippen LogP contribution in [-0.2, 0) is 5.41 Å². The second-order valence-electron chi connectivity index (χ2n) is 15.6. The number of hydrogen-bond acceptors (Lipinski definition) is 0.